The Balaban J connectivity index is 1.89. The molecule has 3 nitrogen and oxygen atoms in total. The Morgan fingerprint density at radius 3 is 3.18 bits per heavy atom. The Morgan fingerprint density at radius 2 is 2.47 bits per heavy atom. The largest absolute Gasteiger partial charge is 0.378 e. The van der Waals surface area contributed by atoms with Crippen molar-refractivity contribution in [3.63, 3.8) is 0 Å². The lowest BCUT2D eigenvalue weighted by Crippen LogP contribution is -2.21. The third-order valence-electron chi connectivity index (χ3n) is 3.53. The minimum absolute atomic E-state index is 0.430. The topological polar surface area (TPSA) is 26.2 Å². The lowest BCUT2D eigenvalue weighted by molar-refractivity contribution is 0.100. The predicted octanol–water partition coefficient (Wildman–Crippen LogP) is 2.73. The van der Waals surface area contributed by atoms with Gasteiger partial charge in [-0.15, -0.1) is 0 Å². The van der Waals surface area contributed by atoms with Gasteiger partial charge in [0.15, 0.2) is 0 Å². The van der Waals surface area contributed by atoms with E-state index < -0.39 is 0 Å². The van der Waals surface area contributed by atoms with E-state index in [1.807, 2.05) is 0 Å². The highest BCUT2D eigenvalue weighted by molar-refractivity contribution is 5.11. The van der Waals surface area contributed by atoms with E-state index in [9.17, 15) is 0 Å². The monoisotopic (exact) mass is 236 g/mol. The summed E-state index contributed by atoms with van der Waals surface area (Å²) < 4.78 is 8.03. The fraction of sp³-hybridized carbons (Fsp3) is 0.714. The number of nitrogens with zero attached hydrogens (tertiary/aromatic N) is 1. The molecule has 0 aromatic carbocycles. The van der Waals surface area contributed by atoms with Crippen molar-refractivity contribution in [1.82, 2.24) is 9.88 Å². The number of rotatable bonds is 6. The van der Waals surface area contributed by atoms with Gasteiger partial charge in [-0.05, 0) is 44.9 Å². The highest BCUT2D eigenvalue weighted by Gasteiger charge is 2.16. The summed E-state index contributed by atoms with van der Waals surface area (Å²) in [4.78, 5) is 0. The van der Waals surface area contributed by atoms with Crippen molar-refractivity contribution in [3.8, 4) is 0 Å². The van der Waals surface area contributed by atoms with Gasteiger partial charge in [-0.25, -0.2) is 0 Å². The molecule has 1 aliphatic heterocycles. The van der Waals surface area contributed by atoms with E-state index in [0.717, 1.165) is 26.1 Å². The number of hydrogen-bond donors (Lipinski definition) is 1. The molecule has 3 heteroatoms. The van der Waals surface area contributed by atoms with Crippen LogP contribution in [-0.2, 0) is 11.3 Å². The van der Waals surface area contributed by atoms with E-state index in [2.05, 4.69) is 42.1 Å². The van der Waals surface area contributed by atoms with Crippen LogP contribution in [0.4, 0.5) is 0 Å². The van der Waals surface area contributed by atoms with Crippen LogP contribution >= 0.6 is 0 Å². The van der Waals surface area contributed by atoms with Crippen LogP contribution in [0.25, 0.3) is 0 Å². The fourth-order valence-electron chi connectivity index (χ4n) is 2.59. The van der Waals surface area contributed by atoms with Crippen LogP contribution in [0.1, 0.15) is 44.8 Å². The van der Waals surface area contributed by atoms with E-state index in [0.29, 0.717) is 12.1 Å². The summed E-state index contributed by atoms with van der Waals surface area (Å²) in [6, 6.07) is 4.78. The maximum atomic E-state index is 5.67. The number of hydrogen-bond acceptors (Lipinski definition) is 2. The highest BCUT2D eigenvalue weighted by Crippen LogP contribution is 2.18. The fourth-order valence-corrected chi connectivity index (χ4v) is 2.59. The van der Waals surface area contributed by atoms with Gasteiger partial charge in [-0.2, -0.15) is 0 Å². The first-order chi connectivity index (χ1) is 8.31. The van der Waals surface area contributed by atoms with Crippen molar-refractivity contribution in [2.24, 2.45) is 0 Å². The first kappa shape index (κ1) is 12.7. The van der Waals surface area contributed by atoms with Crippen molar-refractivity contribution in [1.29, 1.82) is 0 Å². The zero-order valence-corrected chi connectivity index (χ0v) is 11.0. The SMILES string of the molecule is CCNC(C)c1cccn1CCC1CCCO1. The third kappa shape index (κ3) is 3.33. The molecule has 2 atom stereocenters. The molecule has 2 rings (SSSR count). The van der Waals surface area contributed by atoms with Crippen LogP contribution in [0.15, 0.2) is 18.3 Å². The third-order valence-corrected chi connectivity index (χ3v) is 3.53. The summed E-state index contributed by atoms with van der Waals surface area (Å²) in [5.41, 5.74) is 1.38. The second kappa shape index (κ2) is 6.22. The van der Waals surface area contributed by atoms with Gasteiger partial charge >= 0.3 is 0 Å². The van der Waals surface area contributed by atoms with Crippen molar-refractivity contribution in [2.75, 3.05) is 13.2 Å². The van der Waals surface area contributed by atoms with Crippen molar-refractivity contribution < 1.29 is 4.74 Å². The van der Waals surface area contributed by atoms with Crippen LogP contribution in [0.2, 0.25) is 0 Å². The molecule has 1 aromatic heterocycles. The van der Waals surface area contributed by atoms with Crippen molar-refractivity contribution in [3.05, 3.63) is 24.0 Å². The van der Waals surface area contributed by atoms with E-state index >= 15 is 0 Å². The van der Waals surface area contributed by atoms with Gasteiger partial charge in [0.1, 0.15) is 0 Å². The molecule has 2 unspecified atom stereocenters. The Bertz CT molecular complexity index is 329. The summed E-state index contributed by atoms with van der Waals surface area (Å²) in [5, 5.41) is 3.46. The highest BCUT2D eigenvalue weighted by atomic mass is 16.5. The molecule has 1 aromatic rings. The quantitative estimate of drug-likeness (QED) is 0.822. The maximum absolute atomic E-state index is 5.67. The Hall–Kier alpha value is -0.800. The van der Waals surface area contributed by atoms with Gasteiger partial charge in [0.05, 0.1) is 6.10 Å². The standard InChI is InChI=1S/C14H24N2O/c1-3-15-12(2)14-7-4-9-16(14)10-8-13-6-5-11-17-13/h4,7,9,12-13,15H,3,5-6,8,10-11H2,1-2H3. The molecule has 0 radical (unpaired) electrons. The molecule has 17 heavy (non-hydrogen) atoms. The molecular formula is C14H24N2O. The minimum Gasteiger partial charge on any atom is -0.378 e. The Kier molecular flexibility index (Phi) is 4.63. The second-order valence-electron chi connectivity index (χ2n) is 4.83. The van der Waals surface area contributed by atoms with Gasteiger partial charge < -0.3 is 14.6 Å². The van der Waals surface area contributed by atoms with E-state index in [4.69, 9.17) is 4.74 Å². The lowest BCUT2D eigenvalue weighted by Gasteiger charge is -2.17. The molecule has 96 valence electrons. The van der Waals surface area contributed by atoms with Crippen LogP contribution in [-0.4, -0.2) is 23.8 Å². The molecule has 1 N–H and O–H groups in total. The van der Waals surface area contributed by atoms with Gasteiger partial charge in [0, 0.05) is 31.1 Å². The summed E-state index contributed by atoms with van der Waals surface area (Å²) in [6.07, 6.45) is 6.27. The molecule has 0 saturated carbocycles. The van der Waals surface area contributed by atoms with Gasteiger partial charge in [0.2, 0.25) is 0 Å². The first-order valence-corrected chi connectivity index (χ1v) is 6.81. The lowest BCUT2D eigenvalue weighted by atomic mass is 10.2. The van der Waals surface area contributed by atoms with Crippen LogP contribution in [0.5, 0.6) is 0 Å². The normalized spacial score (nSPS) is 21.9. The number of ether oxygens (including phenoxy) is 1. The molecule has 1 aliphatic rings. The zero-order chi connectivity index (χ0) is 12.1. The van der Waals surface area contributed by atoms with E-state index in [1.54, 1.807) is 0 Å². The molecule has 0 spiro atoms. The summed E-state index contributed by atoms with van der Waals surface area (Å²) in [6.45, 7) is 7.41. The predicted molar refractivity (Wildman–Crippen MR) is 70.1 cm³/mol. The molecule has 0 bridgehead atoms. The van der Waals surface area contributed by atoms with Crippen LogP contribution in [0.3, 0.4) is 0 Å². The maximum Gasteiger partial charge on any atom is 0.0593 e. The molecular weight excluding hydrogens is 212 g/mol. The van der Waals surface area contributed by atoms with Crippen molar-refractivity contribution >= 4 is 0 Å². The molecule has 2 heterocycles. The summed E-state index contributed by atoms with van der Waals surface area (Å²) >= 11 is 0. The molecule has 0 amide bonds. The molecule has 1 saturated heterocycles. The molecule has 1 fully saturated rings. The number of nitrogens with one attached hydrogen (secondary N) is 1. The van der Waals surface area contributed by atoms with Gasteiger partial charge in [-0.3, -0.25) is 0 Å². The molecule has 0 aliphatic carbocycles. The van der Waals surface area contributed by atoms with Crippen molar-refractivity contribution in [2.45, 2.75) is 51.8 Å². The van der Waals surface area contributed by atoms with Crippen LogP contribution in [0, 0.1) is 0 Å². The Morgan fingerprint density at radius 1 is 1.59 bits per heavy atom. The Labute approximate surface area is 104 Å². The first-order valence-electron chi connectivity index (χ1n) is 6.81. The summed E-state index contributed by atoms with van der Waals surface area (Å²) in [7, 11) is 0. The van der Waals surface area contributed by atoms with Gasteiger partial charge in [0.25, 0.3) is 0 Å². The average Bonchev–Trinajstić information content (AvgIpc) is 2.98. The smallest absolute Gasteiger partial charge is 0.0593 e. The minimum atomic E-state index is 0.430. The van der Waals surface area contributed by atoms with Crippen LogP contribution < -0.4 is 5.32 Å². The van der Waals surface area contributed by atoms with Gasteiger partial charge in [-0.1, -0.05) is 6.92 Å². The number of aryl methyl sites for hydroxylation is 1. The number of aromatic nitrogens is 1. The van der Waals surface area contributed by atoms with E-state index in [1.165, 1.54) is 18.5 Å². The van der Waals surface area contributed by atoms with E-state index in [-0.39, 0.29) is 0 Å². The summed E-state index contributed by atoms with van der Waals surface area (Å²) in [5.74, 6) is 0. The average molecular weight is 236 g/mol. The zero-order valence-electron chi connectivity index (χ0n) is 11.0. The second-order valence-corrected chi connectivity index (χ2v) is 4.83.